The molecule has 0 radical (unpaired) electrons. The summed E-state index contributed by atoms with van der Waals surface area (Å²) in [6, 6.07) is 10.8. The lowest BCUT2D eigenvalue weighted by molar-refractivity contribution is -0.137. The van der Waals surface area contributed by atoms with E-state index < -0.39 is 23.7 Å². The lowest BCUT2D eigenvalue weighted by atomic mass is 10.1. The number of methoxy groups -OCH3 is 1. The van der Waals surface area contributed by atoms with Gasteiger partial charge in [0.25, 0.3) is 0 Å². The second-order valence-corrected chi connectivity index (χ2v) is 6.55. The molecule has 2 amide bonds. The largest absolute Gasteiger partial charge is 0.497 e. The highest BCUT2D eigenvalue weighted by molar-refractivity contribution is 5.96. The van der Waals surface area contributed by atoms with Crippen molar-refractivity contribution in [2.45, 2.75) is 26.1 Å². The minimum atomic E-state index is -4.58. The van der Waals surface area contributed by atoms with Crippen molar-refractivity contribution in [3.63, 3.8) is 0 Å². The number of carbonyl (C=O) groups excluding carboxylic acids is 2. The van der Waals surface area contributed by atoms with Gasteiger partial charge in [-0.05, 0) is 49.9 Å². The average Bonchev–Trinajstić information content (AvgIpc) is 2.71. The van der Waals surface area contributed by atoms with Gasteiger partial charge in [-0.25, -0.2) is 0 Å². The summed E-state index contributed by atoms with van der Waals surface area (Å²) in [5.74, 6) is -0.338. The van der Waals surface area contributed by atoms with Crippen LogP contribution in [-0.4, -0.2) is 43.0 Å². The van der Waals surface area contributed by atoms with Gasteiger partial charge in [0, 0.05) is 5.69 Å². The zero-order valence-electron chi connectivity index (χ0n) is 16.9. The molecule has 2 aromatic rings. The first-order valence-corrected chi connectivity index (χ1v) is 9.30. The molecule has 0 saturated heterocycles. The highest BCUT2D eigenvalue weighted by atomic mass is 19.4. The number of carbonyl (C=O) groups is 2. The molecule has 6 nitrogen and oxygen atoms in total. The van der Waals surface area contributed by atoms with Crippen molar-refractivity contribution >= 4 is 23.2 Å². The van der Waals surface area contributed by atoms with E-state index in [1.54, 1.807) is 43.0 Å². The number of likely N-dealkylation sites (N-methyl/N-ethyl adjacent to an activating group) is 1. The summed E-state index contributed by atoms with van der Waals surface area (Å²) in [4.78, 5) is 26.4. The Kier molecular flexibility index (Phi) is 7.82. The Morgan fingerprint density at radius 1 is 1.07 bits per heavy atom. The fourth-order valence-electron chi connectivity index (χ4n) is 2.82. The van der Waals surface area contributed by atoms with E-state index in [9.17, 15) is 22.8 Å². The van der Waals surface area contributed by atoms with Crippen LogP contribution < -0.4 is 15.4 Å². The number of halogens is 3. The quantitative estimate of drug-likeness (QED) is 0.673. The molecule has 2 rings (SSSR count). The number of ether oxygens (including phenoxy) is 1. The molecular weight excluding hydrogens is 399 g/mol. The van der Waals surface area contributed by atoms with Gasteiger partial charge in [0.2, 0.25) is 11.8 Å². The van der Waals surface area contributed by atoms with E-state index in [1.807, 2.05) is 0 Å². The third kappa shape index (κ3) is 6.21. The van der Waals surface area contributed by atoms with Crippen LogP contribution in [-0.2, 0) is 15.8 Å². The number of anilines is 2. The van der Waals surface area contributed by atoms with Crippen LogP contribution in [0.1, 0.15) is 19.4 Å². The average molecular weight is 423 g/mol. The maximum absolute atomic E-state index is 13.1. The summed E-state index contributed by atoms with van der Waals surface area (Å²) in [5.41, 5.74) is -0.680. The molecule has 0 heterocycles. The Morgan fingerprint density at radius 3 is 2.27 bits per heavy atom. The van der Waals surface area contributed by atoms with E-state index >= 15 is 0 Å². The second-order valence-electron chi connectivity index (χ2n) is 6.55. The smallest absolute Gasteiger partial charge is 0.418 e. The first-order valence-electron chi connectivity index (χ1n) is 9.30. The normalized spacial score (nSPS) is 12.4. The van der Waals surface area contributed by atoms with Crippen LogP contribution in [0.2, 0.25) is 0 Å². The molecule has 2 N–H and O–H groups in total. The Hall–Kier alpha value is -3.07. The van der Waals surface area contributed by atoms with E-state index in [4.69, 9.17) is 4.74 Å². The van der Waals surface area contributed by atoms with Gasteiger partial charge in [0.05, 0.1) is 30.9 Å². The Labute approximate surface area is 173 Å². The van der Waals surface area contributed by atoms with Crippen molar-refractivity contribution in [1.82, 2.24) is 4.90 Å². The lowest BCUT2D eigenvalue weighted by Crippen LogP contribution is -2.45. The number of alkyl halides is 3. The van der Waals surface area contributed by atoms with E-state index in [0.29, 0.717) is 18.0 Å². The molecule has 1 atom stereocenters. The van der Waals surface area contributed by atoms with Crippen molar-refractivity contribution in [1.29, 1.82) is 0 Å². The van der Waals surface area contributed by atoms with Crippen LogP contribution >= 0.6 is 0 Å². The first-order chi connectivity index (χ1) is 14.2. The minimum Gasteiger partial charge on any atom is -0.497 e. The van der Waals surface area contributed by atoms with Gasteiger partial charge in [-0.2, -0.15) is 13.2 Å². The predicted molar refractivity (Wildman–Crippen MR) is 108 cm³/mol. The molecule has 0 aliphatic heterocycles. The number of benzene rings is 2. The molecule has 9 heteroatoms. The molecule has 0 aliphatic carbocycles. The zero-order valence-corrected chi connectivity index (χ0v) is 16.9. The van der Waals surface area contributed by atoms with Crippen LogP contribution in [0.15, 0.2) is 48.5 Å². The Balaban J connectivity index is 2.01. The van der Waals surface area contributed by atoms with Gasteiger partial charge in [-0.1, -0.05) is 19.1 Å². The van der Waals surface area contributed by atoms with Crippen molar-refractivity contribution in [2.24, 2.45) is 0 Å². The lowest BCUT2D eigenvalue weighted by Gasteiger charge is -2.26. The molecule has 2 aromatic carbocycles. The standard InChI is InChI=1S/C21H24F3N3O3/c1-4-27(14(2)20(29)25-15-9-11-16(30-3)12-10-15)13-19(28)26-18-8-6-5-7-17(18)21(22,23)24/h5-12,14H,4,13H2,1-3H3,(H,25,29)(H,26,28). The molecular formula is C21H24F3N3O3. The van der Waals surface area contributed by atoms with Gasteiger partial charge < -0.3 is 15.4 Å². The number of para-hydroxylation sites is 1. The van der Waals surface area contributed by atoms with Gasteiger partial charge in [-0.3, -0.25) is 14.5 Å². The summed E-state index contributed by atoms with van der Waals surface area (Å²) in [6.07, 6.45) is -4.58. The van der Waals surface area contributed by atoms with Crippen molar-refractivity contribution in [3.8, 4) is 5.75 Å². The summed E-state index contributed by atoms with van der Waals surface area (Å²) in [7, 11) is 1.53. The molecule has 0 aliphatic rings. The number of hydrogen-bond acceptors (Lipinski definition) is 4. The van der Waals surface area contributed by atoms with Crippen LogP contribution in [0.4, 0.5) is 24.5 Å². The van der Waals surface area contributed by atoms with Crippen LogP contribution in [0.25, 0.3) is 0 Å². The van der Waals surface area contributed by atoms with E-state index in [1.165, 1.54) is 25.3 Å². The van der Waals surface area contributed by atoms with E-state index in [0.717, 1.165) is 6.07 Å². The summed E-state index contributed by atoms with van der Waals surface area (Å²) in [5, 5.41) is 5.03. The number of nitrogens with zero attached hydrogens (tertiary/aromatic N) is 1. The summed E-state index contributed by atoms with van der Waals surface area (Å²) >= 11 is 0. The topological polar surface area (TPSA) is 70.7 Å². The van der Waals surface area contributed by atoms with Gasteiger partial charge >= 0.3 is 6.18 Å². The highest BCUT2D eigenvalue weighted by Crippen LogP contribution is 2.34. The van der Waals surface area contributed by atoms with Gasteiger partial charge in [-0.15, -0.1) is 0 Å². The molecule has 1 unspecified atom stereocenters. The minimum absolute atomic E-state index is 0.236. The maximum Gasteiger partial charge on any atom is 0.418 e. The SMILES string of the molecule is CCN(CC(=O)Nc1ccccc1C(F)(F)F)C(C)C(=O)Nc1ccc(OC)cc1. The third-order valence-electron chi connectivity index (χ3n) is 4.54. The molecule has 30 heavy (non-hydrogen) atoms. The van der Waals surface area contributed by atoms with Crippen LogP contribution in [0.3, 0.4) is 0 Å². The Bertz CT molecular complexity index is 870. The molecule has 0 bridgehead atoms. The second kappa shape index (κ2) is 10.1. The van der Waals surface area contributed by atoms with Crippen LogP contribution in [0, 0.1) is 0 Å². The summed E-state index contributed by atoms with van der Waals surface area (Å²) < 4.78 is 44.3. The molecule has 0 fully saturated rings. The monoisotopic (exact) mass is 423 g/mol. The number of nitrogens with one attached hydrogen (secondary N) is 2. The third-order valence-corrected chi connectivity index (χ3v) is 4.54. The van der Waals surface area contributed by atoms with E-state index in [2.05, 4.69) is 10.6 Å². The predicted octanol–water partition coefficient (Wildman–Crippen LogP) is 4.00. The summed E-state index contributed by atoms with van der Waals surface area (Å²) in [6.45, 7) is 3.50. The van der Waals surface area contributed by atoms with Gasteiger partial charge in [0.1, 0.15) is 5.75 Å². The number of hydrogen-bond donors (Lipinski definition) is 2. The number of amides is 2. The van der Waals surface area contributed by atoms with Crippen molar-refractivity contribution < 1.29 is 27.5 Å². The van der Waals surface area contributed by atoms with Gasteiger partial charge in [0.15, 0.2) is 0 Å². The molecule has 0 spiro atoms. The maximum atomic E-state index is 13.1. The highest BCUT2D eigenvalue weighted by Gasteiger charge is 2.33. The first kappa shape index (κ1) is 23.2. The molecule has 0 aromatic heterocycles. The molecule has 0 saturated carbocycles. The Morgan fingerprint density at radius 2 is 1.70 bits per heavy atom. The van der Waals surface area contributed by atoms with Crippen molar-refractivity contribution in [2.75, 3.05) is 30.8 Å². The fourth-order valence-corrected chi connectivity index (χ4v) is 2.82. The zero-order chi connectivity index (χ0) is 22.3. The van der Waals surface area contributed by atoms with E-state index in [-0.39, 0.29) is 18.1 Å². The number of rotatable bonds is 8. The van der Waals surface area contributed by atoms with Crippen molar-refractivity contribution in [3.05, 3.63) is 54.1 Å². The van der Waals surface area contributed by atoms with Crippen LogP contribution in [0.5, 0.6) is 5.75 Å². The molecule has 162 valence electrons. The fraction of sp³-hybridized carbons (Fsp3) is 0.333.